The van der Waals surface area contributed by atoms with E-state index in [4.69, 9.17) is 5.11 Å². The second-order valence-electron chi connectivity index (χ2n) is 3.80. The highest BCUT2D eigenvalue weighted by Crippen LogP contribution is 2.27. The van der Waals surface area contributed by atoms with Crippen molar-refractivity contribution in [2.24, 2.45) is 5.92 Å². The summed E-state index contributed by atoms with van der Waals surface area (Å²) in [5.41, 5.74) is 0. The summed E-state index contributed by atoms with van der Waals surface area (Å²) in [7, 11) is 0. The summed E-state index contributed by atoms with van der Waals surface area (Å²) in [5, 5.41) is 13.7. The SMILES string of the molecule is CC(CC(=O)O)NC(=O)NCC1CC1. The van der Waals surface area contributed by atoms with Gasteiger partial charge in [-0.25, -0.2) is 4.79 Å². The summed E-state index contributed by atoms with van der Waals surface area (Å²) in [6.45, 7) is 2.37. The van der Waals surface area contributed by atoms with Crippen LogP contribution in [0, 0.1) is 5.92 Å². The number of urea groups is 1. The molecule has 0 spiro atoms. The van der Waals surface area contributed by atoms with Gasteiger partial charge in [-0.15, -0.1) is 0 Å². The van der Waals surface area contributed by atoms with Crippen molar-refractivity contribution in [3.8, 4) is 0 Å². The van der Waals surface area contributed by atoms with Gasteiger partial charge in [-0.05, 0) is 25.7 Å². The Bertz CT molecular complexity index is 226. The third kappa shape index (κ3) is 4.69. The van der Waals surface area contributed by atoms with E-state index in [1.807, 2.05) is 0 Å². The molecule has 14 heavy (non-hydrogen) atoms. The number of carboxylic acids is 1. The van der Waals surface area contributed by atoms with E-state index in [2.05, 4.69) is 10.6 Å². The summed E-state index contributed by atoms with van der Waals surface area (Å²) in [4.78, 5) is 21.4. The van der Waals surface area contributed by atoms with Gasteiger partial charge in [0.2, 0.25) is 0 Å². The van der Waals surface area contributed by atoms with Gasteiger partial charge in [0, 0.05) is 12.6 Å². The minimum Gasteiger partial charge on any atom is -0.481 e. The third-order valence-corrected chi connectivity index (χ3v) is 2.11. The first-order chi connectivity index (χ1) is 6.58. The minimum atomic E-state index is -0.903. The molecular formula is C9H16N2O3. The van der Waals surface area contributed by atoms with Crippen LogP contribution in [0.2, 0.25) is 0 Å². The average Bonchev–Trinajstić information content (AvgIpc) is 2.81. The molecule has 1 unspecified atom stereocenters. The van der Waals surface area contributed by atoms with E-state index in [0.717, 1.165) is 0 Å². The molecular weight excluding hydrogens is 184 g/mol. The van der Waals surface area contributed by atoms with Crippen molar-refractivity contribution >= 4 is 12.0 Å². The summed E-state index contributed by atoms with van der Waals surface area (Å²) >= 11 is 0. The minimum absolute atomic E-state index is 0.0448. The van der Waals surface area contributed by atoms with Crippen LogP contribution in [0.3, 0.4) is 0 Å². The Labute approximate surface area is 82.9 Å². The lowest BCUT2D eigenvalue weighted by molar-refractivity contribution is -0.137. The molecule has 80 valence electrons. The van der Waals surface area contributed by atoms with Gasteiger partial charge in [-0.3, -0.25) is 4.79 Å². The van der Waals surface area contributed by atoms with Gasteiger partial charge in [0.25, 0.3) is 0 Å². The van der Waals surface area contributed by atoms with E-state index in [0.29, 0.717) is 12.5 Å². The van der Waals surface area contributed by atoms with Gasteiger partial charge >= 0.3 is 12.0 Å². The number of carboxylic acid groups (broad SMARTS) is 1. The maximum atomic E-state index is 11.2. The molecule has 0 aromatic carbocycles. The van der Waals surface area contributed by atoms with E-state index >= 15 is 0 Å². The molecule has 2 amide bonds. The number of carbonyl (C=O) groups is 2. The van der Waals surface area contributed by atoms with Gasteiger partial charge in [0.15, 0.2) is 0 Å². The topological polar surface area (TPSA) is 78.4 Å². The van der Waals surface area contributed by atoms with Gasteiger partial charge in [-0.1, -0.05) is 0 Å². The quantitative estimate of drug-likeness (QED) is 0.606. The fraction of sp³-hybridized carbons (Fsp3) is 0.778. The first kappa shape index (κ1) is 10.8. The number of rotatable bonds is 5. The monoisotopic (exact) mass is 200 g/mol. The van der Waals surface area contributed by atoms with Crippen molar-refractivity contribution in [3.63, 3.8) is 0 Å². The molecule has 3 N–H and O–H groups in total. The number of hydrogen-bond donors (Lipinski definition) is 3. The molecule has 1 saturated carbocycles. The maximum Gasteiger partial charge on any atom is 0.315 e. The molecule has 0 aromatic rings. The van der Waals surface area contributed by atoms with Crippen LogP contribution in [0.5, 0.6) is 0 Å². The molecule has 1 atom stereocenters. The zero-order valence-electron chi connectivity index (χ0n) is 8.25. The largest absolute Gasteiger partial charge is 0.481 e. The Balaban J connectivity index is 2.08. The second kappa shape index (κ2) is 4.83. The highest BCUT2D eigenvalue weighted by Gasteiger charge is 2.21. The fourth-order valence-electron chi connectivity index (χ4n) is 1.15. The molecule has 0 aliphatic heterocycles. The number of aliphatic carboxylic acids is 1. The normalized spacial score (nSPS) is 17.2. The van der Waals surface area contributed by atoms with Crippen molar-refractivity contribution in [1.29, 1.82) is 0 Å². The number of amides is 2. The van der Waals surface area contributed by atoms with E-state index in [9.17, 15) is 9.59 Å². The summed E-state index contributed by atoms with van der Waals surface area (Å²) in [6, 6.07) is -0.600. The van der Waals surface area contributed by atoms with Crippen LogP contribution >= 0.6 is 0 Å². The first-order valence-corrected chi connectivity index (χ1v) is 4.84. The van der Waals surface area contributed by atoms with Crippen LogP contribution in [0.4, 0.5) is 4.79 Å². The van der Waals surface area contributed by atoms with Crippen molar-refractivity contribution in [2.45, 2.75) is 32.2 Å². The van der Waals surface area contributed by atoms with E-state index in [1.165, 1.54) is 12.8 Å². The van der Waals surface area contributed by atoms with Crippen molar-refractivity contribution in [1.82, 2.24) is 10.6 Å². The lowest BCUT2D eigenvalue weighted by Crippen LogP contribution is -2.42. The standard InChI is InChI=1S/C9H16N2O3/c1-6(4-8(12)13)11-9(14)10-5-7-2-3-7/h6-7H,2-5H2,1H3,(H,12,13)(H2,10,11,14). The summed E-state index contributed by atoms with van der Waals surface area (Å²) in [5.74, 6) is -0.268. The molecule has 0 radical (unpaired) electrons. The third-order valence-electron chi connectivity index (χ3n) is 2.11. The van der Waals surface area contributed by atoms with Crippen LogP contribution in [-0.4, -0.2) is 29.7 Å². The zero-order valence-corrected chi connectivity index (χ0v) is 8.25. The Kier molecular flexibility index (Phi) is 3.73. The second-order valence-corrected chi connectivity index (χ2v) is 3.80. The predicted octanol–water partition coefficient (Wildman–Crippen LogP) is 0.559. The fourth-order valence-corrected chi connectivity index (χ4v) is 1.15. The van der Waals surface area contributed by atoms with Crippen LogP contribution in [0.25, 0.3) is 0 Å². The Morgan fingerprint density at radius 1 is 1.50 bits per heavy atom. The molecule has 1 aliphatic carbocycles. The van der Waals surface area contributed by atoms with Gasteiger partial charge in [0.1, 0.15) is 0 Å². The van der Waals surface area contributed by atoms with Gasteiger partial charge in [-0.2, -0.15) is 0 Å². The number of carbonyl (C=O) groups excluding carboxylic acids is 1. The van der Waals surface area contributed by atoms with Gasteiger partial charge < -0.3 is 15.7 Å². The Morgan fingerprint density at radius 3 is 2.64 bits per heavy atom. The molecule has 5 heteroatoms. The number of nitrogens with one attached hydrogen (secondary N) is 2. The van der Waals surface area contributed by atoms with E-state index in [1.54, 1.807) is 6.92 Å². The number of hydrogen-bond acceptors (Lipinski definition) is 2. The van der Waals surface area contributed by atoms with E-state index < -0.39 is 5.97 Å². The van der Waals surface area contributed by atoms with Crippen molar-refractivity contribution < 1.29 is 14.7 Å². The average molecular weight is 200 g/mol. The van der Waals surface area contributed by atoms with Crippen LogP contribution in [0.15, 0.2) is 0 Å². The summed E-state index contributed by atoms with van der Waals surface area (Å²) < 4.78 is 0. The molecule has 0 aromatic heterocycles. The lowest BCUT2D eigenvalue weighted by atomic mass is 10.2. The summed E-state index contributed by atoms with van der Waals surface area (Å²) in [6.07, 6.45) is 2.33. The Hall–Kier alpha value is -1.26. The van der Waals surface area contributed by atoms with Crippen LogP contribution < -0.4 is 10.6 Å². The maximum absolute atomic E-state index is 11.2. The van der Waals surface area contributed by atoms with E-state index in [-0.39, 0.29) is 18.5 Å². The predicted molar refractivity (Wildman–Crippen MR) is 51.0 cm³/mol. The molecule has 0 heterocycles. The first-order valence-electron chi connectivity index (χ1n) is 4.84. The van der Waals surface area contributed by atoms with Crippen LogP contribution in [0.1, 0.15) is 26.2 Å². The van der Waals surface area contributed by atoms with Crippen molar-refractivity contribution in [2.75, 3.05) is 6.54 Å². The lowest BCUT2D eigenvalue weighted by Gasteiger charge is -2.12. The van der Waals surface area contributed by atoms with Crippen molar-refractivity contribution in [3.05, 3.63) is 0 Å². The van der Waals surface area contributed by atoms with Crippen LogP contribution in [-0.2, 0) is 4.79 Å². The van der Waals surface area contributed by atoms with Gasteiger partial charge in [0.05, 0.1) is 6.42 Å². The molecule has 0 saturated heterocycles. The molecule has 1 aliphatic rings. The highest BCUT2D eigenvalue weighted by molar-refractivity contribution is 5.75. The molecule has 5 nitrogen and oxygen atoms in total. The highest BCUT2D eigenvalue weighted by atomic mass is 16.4. The molecule has 0 bridgehead atoms. The zero-order chi connectivity index (χ0) is 10.6. The smallest absolute Gasteiger partial charge is 0.315 e. The molecule has 1 fully saturated rings. The Morgan fingerprint density at radius 2 is 2.14 bits per heavy atom. The molecule has 1 rings (SSSR count).